The molecule has 0 heterocycles. The highest BCUT2D eigenvalue weighted by molar-refractivity contribution is 5.95. The molecule has 0 aromatic heterocycles. The van der Waals surface area contributed by atoms with Crippen molar-refractivity contribution < 1.29 is 4.79 Å². The Hall–Kier alpha value is -2.64. The highest BCUT2D eigenvalue weighted by atomic mass is 16.2. The van der Waals surface area contributed by atoms with Gasteiger partial charge in [0.1, 0.15) is 6.07 Å². The summed E-state index contributed by atoms with van der Waals surface area (Å²) in [5.74, 6) is -0.162. The molecular formula is C18H19N3O. The van der Waals surface area contributed by atoms with Gasteiger partial charge < -0.3 is 5.32 Å². The molecule has 4 heteroatoms. The van der Waals surface area contributed by atoms with Crippen LogP contribution in [0, 0.1) is 11.3 Å². The van der Waals surface area contributed by atoms with Crippen LogP contribution in [0.3, 0.4) is 0 Å². The Labute approximate surface area is 130 Å². The summed E-state index contributed by atoms with van der Waals surface area (Å²) in [6, 6.07) is 18.7. The summed E-state index contributed by atoms with van der Waals surface area (Å²) in [5.41, 5.74) is 2.12. The van der Waals surface area contributed by atoms with Gasteiger partial charge >= 0.3 is 0 Å². The largest absolute Gasteiger partial charge is 0.324 e. The Morgan fingerprint density at radius 3 is 2.36 bits per heavy atom. The van der Waals surface area contributed by atoms with Gasteiger partial charge in [-0.2, -0.15) is 5.26 Å². The lowest BCUT2D eigenvalue weighted by Crippen LogP contribution is -2.39. The van der Waals surface area contributed by atoms with E-state index in [2.05, 4.69) is 16.7 Å². The van der Waals surface area contributed by atoms with Crippen LogP contribution >= 0.6 is 0 Å². The van der Waals surface area contributed by atoms with Crippen LogP contribution in [0.5, 0.6) is 0 Å². The highest BCUT2D eigenvalue weighted by Gasteiger charge is 2.17. The van der Waals surface area contributed by atoms with Crippen LogP contribution in [-0.2, 0) is 4.79 Å². The SMILES string of the molecule is C[C@H](N[C@H](C)c1ccccc1)C(=O)Nc1ccccc1C#N. The fourth-order valence-electron chi connectivity index (χ4n) is 2.22. The number of carbonyl (C=O) groups is 1. The number of benzene rings is 2. The van der Waals surface area contributed by atoms with Gasteiger partial charge in [0.25, 0.3) is 0 Å². The molecule has 4 nitrogen and oxygen atoms in total. The van der Waals surface area contributed by atoms with Crippen LogP contribution < -0.4 is 10.6 Å². The molecule has 112 valence electrons. The van der Waals surface area contributed by atoms with E-state index in [1.165, 1.54) is 0 Å². The van der Waals surface area contributed by atoms with E-state index in [4.69, 9.17) is 5.26 Å². The molecule has 2 rings (SSSR count). The first kappa shape index (κ1) is 15.7. The number of hydrogen-bond donors (Lipinski definition) is 2. The molecule has 0 spiro atoms. The second kappa shape index (κ2) is 7.39. The molecule has 0 aliphatic rings. The van der Waals surface area contributed by atoms with E-state index in [1.807, 2.05) is 44.2 Å². The van der Waals surface area contributed by atoms with E-state index in [-0.39, 0.29) is 18.0 Å². The summed E-state index contributed by atoms with van der Waals surface area (Å²) < 4.78 is 0. The van der Waals surface area contributed by atoms with Crippen molar-refractivity contribution in [3.63, 3.8) is 0 Å². The molecule has 0 aliphatic carbocycles. The maximum atomic E-state index is 12.3. The normalized spacial score (nSPS) is 13.0. The number of hydrogen-bond acceptors (Lipinski definition) is 3. The van der Waals surface area contributed by atoms with Crippen molar-refractivity contribution in [2.24, 2.45) is 0 Å². The molecule has 2 aromatic carbocycles. The van der Waals surface area contributed by atoms with Crippen molar-refractivity contribution in [3.05, 3.63) is 65.7 Å². The fourth-order valence-corrected chi connectivity index (χ4v) is 2.22. The van der Waals surface area contributed by atoms with Crippen molar-refractivity contribution in [3.8, 4) is 6.07 Å². The Morgan fingerprint density at radius 2 is 1.68 bits per heavy atom. The first-order valence-corrected chi connectivity index (χ1v) is 7.23. The third-order valence-corrected chi connectivity index (χ3v) is 3.50. The van der Waals surface area contributed by atoms with Crippen LogP contribution in [0.4, 0.5) is 5.69 Å². The van der Waals surface area contributed by atoms with Crippen LogP contribution in [0.15, 0.2) is 54.6 Å². The van der Waals surface area contributed by atoms with E-state index in [0.717, 1.165) is 5.56 Å². The van der Waals surface area contributed by atoms with E-state index in [9.17, 15) is 4.79 Å². The Bertz CT molecular complexity index is 676. The number of anilines is 1. The summed E-state index contributed by atoms with van der Waals surface area (Å²) in [4.78, 5) is 12.3. The first-order valence-electron chi connectivity index (χ1n) is 7.23. The molecule has 2 N–H and O–H groups in total. The van der Waals surface area contributed by atoms with Crippen molar-refractivity contribution in [1.82, 2.24) is 5.32 Å². The quantitative estimate of drug-likeness (QED) is 0.889. The van der Waals surface area contributed by atoms with Gasteiger partial charge in [-0.1, -0.05) is 42.5 Å². The summed E-state index contributed by atoms with van der Waals surface area (Å²) in [5, 5.41) is 15.1. The molecule has 22 heavy (non-hydrogen) atoms. The van der Waals surface area contributed by atoms with Crippen molar-refractivity contribution in [2.45, 2.75) is 25.9 Å². The summed E-state index contributed by atoms with van der Waals surface area (Å²) in [7, 11) is 0. The van der Waals surface area contributed by atoms with Gasteiger partial charge in [0.05, 0.1) is 17.3 Å². The van der Waals surface area contributed by atoms with Gasteiger partial charge in [-0.25, -0.2) is 0 Å². The molecule has 0 fully saturated rings. The van der Waals surface area contributed by atoms with Crippen molar-refractivity contribution in [1.29, 1.82) is 5.26 Å². The second-order valence-electron chi connectivity index (χ2n) is 5.17. The first-order chi connectivity index (χ1) is 10.6. The van der Waals surface area contributed by atoms with Gasteiger partial charge in [-0.3, -0.25) is 10.1 Å². The number of nitriles is 1. The Morgan fingerprint density at radius 1 is 1.05 bits per heavy atom. The maximum absolute atomic E-state index is 12.3. The summed E-state index contributed by atoms with van der Waals surface area (Å²) in [6.07, 6.45) is 0. The fraction of sp³-hybridized carbons (Fsp3) is 0.222. The van der Waals surface area contributed by atoms with E-state index in [0.29, 0.717) is 11.3 Å². The molecule has 0 radical (unpaired) electrons. The third-order valence-electron chi connectivity index (χ3n) is 3.50. The smallest absolute Gasteiger partial charge is 0.241 e. The molecule has 2 aromatic rings. The van der Waals surface area contributed by atoms with Crippen LogP contribution in [0.1, 0.15) is 31.0 Å². The predicted molar refractivity (Wildman–Crippen MR) is 87.2 cm³/mol. The zero-order valence-electron chi connectivity index (χ0n) is 12.7. The number of carbonyl (C=O) groups excluding carboxylic acids is 1. The molecule has 0 unspecified atom stereocenters. The lowest BCUT2D eigenvalue weighted by molar-refractivity contribution is -0.117. The van der Waals surface area contributed by atoms with E-state index < -0.39 is 0 Å². The van der Waals surface area contributed by atoms with E-state index in [1.54, 1.807) is 24.3 Å². The lowest BCUT2D eigenvalue weighted by atomic mass is 10.1. The molecule has 0 bridgehead atoms. The highest BCUT2D eigenvalue weighted by Crippen LogP contribution is 2.15. The van der Waals surface area contributed by atoms with Crippen molar-refractivity contribution in [2.75, 3.05) is 5.32 Å². The zero-order valence-corrected chi connectivity index (χ0v) is 12.7. The number of nitrogens with zero attached hydrogens (tertiary/aromatic N) is 1. The lowest BCUT2D eigenvalue weighted by Gasteiger charge is -2.20. The minimum atomic E-state index is -0.373. The average Bonchev–Trinajstić information content (AvgIpc) is 2.56. The summed E-state index contributed by atoms with van der Waals surface area (Å²) >= 11 is 0. The molecular weight excluding hydrogens is 274 g/mol. The minimum Gasteiger partial charge on any atom is -0.324 e. The second-order valence-corrected chi connectivity index (χ2v) is 5.17. The van der Waals surface area contributed by atoms with Gasteiger partial charge in [-0.15, -0.1) is 0 Å². The molecule has 0 aliphatic heterocycles. The molecule has 0 saturated carbocycles. The van der Waals surface area contributed by atoms with Crippen LogP contribution in [0.2, 0.25) is 0 Å². The van der Waals surface area contributed by atoms with Crippen LogP contribution in [-0.4, -0.2) is 11.9 Å². The van der Waals surface area contributed by atoms with Gasteiger partial charge in [0.15, 0.2) is 0 Å². The topological polar surface area (TPSA) is 64.9 Å². The standard InChI is InChI=1S/C18H19N3O/c1-13(15-8-4-3-5-9-15)20-14(2)18(22)21-17-11-7-6-10-16(17)12-19/h3-11,13-14,20H,1-2H3,(H,21,22)/t13-,14+/m1/s1. The number of rotatable bonds is 5. The Kier molecular flexibility index (Phi) is 5.29. The van der Waals surface area contributed by atoms with Crippen molar-refractivity contribution >= 4 is 11.6 Å². The zero-order chi connectivity index (χ0) is 15.9. The van der Waals surface area contributed by atoms with Crippen LogP contribution in [0.25, 0.3) is 0 Å². The van der Waals surface area contributed by atoms with Gasteiger partial charge in [-0.05, 0) is 31.5 Å². The molecule has 2 atom stereocenters. The van der Waals surface area contributed by atoms with Gasteiger partial charge in [0.2, 0.25) is 5.91 Å². The minimum absolute atomic E-state index is 0.0631. The third kappa shape index (κ3) is 3.94. The Balaban J connectivity index is 1.99. The monoisotopic (exact) mass is 293 g/mol. The molecule has 0 saturated heterocycles. The number of amides is 1. The molecule has 1 amide bonds. The maximum Gasteiger partial charge on any atom is 0.241 e. The van der Waals surface area contributed by atoms with E-state index >= 15 is 0 Å². The average molecular weight is 293 g/mol. The van der Waals surface area contributed by atoms with Gasteiger partial charge in [0, 0.05) is 6.04 Å². The predicted octanol–water partition coefficient (Wildman–Crippen LogP) is 3.24. The number of nitrogens with one attached hydrogen (secondary N) is 2. The number of para-hydroxylation sites is 1. The summed E-state index contributed by atoms with van der Waals surface area (Å²) in [6.45, 7) is 3.83.